The summed E-state index contributed by atoms with van der Waals surface area (Å²) in [6.07, 6.45) is 65.4. The van der Waals surface area contributed by atoms with Gasteiger partial charge in [-0.25, -0.2) is 0 Å². The Morgan fingerprint density at radius 2 is 0.776 bits per heavy atom. The molecule has 0 aromatic rings. The Kier molecular flexibility index (Phi) is 45.1. The van der Waals surface area contributed by atoms with Gasteiger partial charge >= 0.3 is 11.9 Å². The smallest absolute Gasteiger partial charge is 0.306 e. The lowest BCUT2D eigenvalue weighted by Gasteiger charge is -2.18. The summed E-state index contributed by atoms with van der Waals surface area (Å²) in [5, 5.41) is 0. The lowest BCUT2D eigenvalue weighted by molar-refractivity contribution is -0.163. The van der Waals surface area contributed by atoms with Crippen LogP contribution in [0.25, 0.3) is 0 Å². The molecular formula is C53H86O5. The molecule has 5 nitrogen and oxygen atoms in total. The van der Waals surface area contributed by atoms with Crippen molar-refractivity contribution in [3.8, 4) is 0 Å². The molecule has 0 radical (unpaired) electrons. The van der Waals surface area contributed by atoms with E-state index in [4.69, 9.17) is 14.2 Å². The average Bonchev–Trinajstić information content (AvgIpc) is 3.22. The third-order valence-electron chi connectivity index (χ3n) is 9.30. The Morgan fingerprint density at radius 3 is 1.24 bits per heavy atom. The highest BCUT2D eigenvalue weighted by Gasteiger charge is 2.17. The molecule has 0 amide bonds. The van der Waals surface area contributed by atoms with Crippen molar-refractivity contribution in [2.75, 3.05) is 19.8 Å². The van der Waals surface area contributed by atoms with E-state index in [-0.39, 0.29) is 25.2 Å². The molecule has 0 heterocycles. The normalized spacial score (nSPS) is 13.2. The first-order chi connectivity index (χ1) is 28.6. The van der Waals surface area contributed by atoms with E-state index in [0.717, 1.165) is 116 Å². The van der Waals surface area contributed by atoms with E-state index in [0.29, 0.717) is 19.4 Å². The van der Waals surface area contributed by atoms with Crippen molar-refractivity contribution in [2.24, 2.45) is 0 Å². The van der Waals surface area contributed by atoms with Crippen LogP contribution in [0.3, 0.4) is 0 Å². The fourth-order valence-corrected chi connectivity index (χ4v) is 5.89. The second-order valence-electron chi connectivity index (χ2n) is 14.9. The number of hydrogen-bond donors (Lipinski definition) is 0. The summed E-state index contributed by atoms with van der Waals surface area (Å²) in [4.78, 5) is 25.1. The number of allylic oxidation sites excluding steroid dienone is 18. The minimum Gasteiger partial charge on any atom is -0.462 e. The fourth-order valence-electron chi connectivity index (χ4n) is 5.89. The molecule has 0 aliphatic carbocycles. The Hall–Kier alpha value is -3.44. The molecule has 5 heteroatoms. The Morgan fingerprint density at radius 1 is 0.397 bits per heavy atom. The molecule has 0 saturated carbocycles. The van der Waals surface area contributed by atoms with Crippen molar-refractivity contribution in [2.45, 2.75) is 194 Å². The highest BCUT2D eigenvalue weighted by Crippen LogP contribution is 2.12. The van der Waals surface area contributed by atoms with Crippen molar-refractivity contribution in [1.29, 1.82) is 0 Å². The van der Waals surface area contributed by atoms with Crippen LogP contribution in [0.4, 0.5) is 0 Å². The van der Waals surface area contributed by atoms with E-state index >= 15 is 0 Å². The maximum absolute atomic E-state index is 12.6. The van der Waals surface area contributed by atoms with Crippen LogP contribution < -0.4 is 0 Å². The Bertz CT molecular complexity index is 1180. The minimum atomic E-state index is -0.576. The average molecular weight is 803 g/mol. The van der Waals surface area contributed by atoms with Gasteiger partial charge in [0, 0.05) is 19.4 Å². The van der Waals surface area contributed by atoms with E-state index in [2.05, 4.69) is 130 Å². The van der Waals surface area contributed by atoms with Crippen LogP contribution in [0, 0.1) is 0 Å². The third kappa shape index (κ3) is 45.3. The van der Waals surface area contributed by atoms with Gasteiger partial charge in [-0.3, -0.25) is 9.59 Å². The second kappa shape index (κ2) is 47.9. The van der Waals surface area contributed by atoms with E-state index < -0.39 is 6.10 Å². The zero-order valence-corrected chi connectivity index (χ0v) is 37.5. The topological polar surface area (TPSA) is 61.8 Å². The van der Waals surface area contributed by atoms with Gasteiger partial charge in [0.1, 0.15) is 6.61 Å². The summed E-state index contributed by atoms with van der Waals surface area (Å²) in [5.74, 6) is -0.464. The molecule has 0 aromatic heterocycles. The predicted molar refractivity (Wildman–Crippen MR) is 251 cm³/mol. The number of carbonyl (C=O) groups is 2. The van der Waals surface area contributed by atoms with E-state index in [1.165, 1.54) is 38.5 Å². The Balaban J connectivity index is 4.30. The first kappa shape index (κ1) is 54.6. The van der Waals surface area contributed by atoms with Gasteiger partial charge < -0.3 is 14.2 Å². The summed E-state index contributed by atoms with van der Waals surface area (Å²) in [6, 6.07) is 0. The SMILES string of the molecule is CC/C=C\C/C=C\C/C=C\C/C=C\C/C=C\C/C=C\CCCOCC(COC(=O)CCCCCCC/C=C\C/C=C\C/C=C\CC)OC(=O)CCCCCCCCC. The van der Waals surface area contributed by atoms with E-state index in [1.54, 1.807) is 0 Å². The first-order valence-electron chi connectivity index (χ1n) is 23.4. The number of hydrogen-bond acceptors (Lipinski definition) is 5. The van der Waals surface area contributed by atoms with Gasteiger partial charge in [-0.05, 0) is 96.3 Å². The number of esters is 2. The molecule has 1 atom stereocenters. The van der Waals surface area contributed by atoms with Gasteiger partial charge in [0.05, 0.1) is 6.61 Å². The van der Waals surface area contributed by atoms with Crippen LogP contribution in [-0.4, -0.2) is 37.9 Å². The lowest BCUT2D eigenvalue weighted by Crippen LogP contribution is -2.30. The largest absolute Gasteiger partial charge is 0.462 e. The van der Waals surface area contributed by atoms with Gasteiger partial charge in [0.2, 0.25) is 0 Å². The predicted octanol–water partition coefficient (Wildman–Crippen LogP) is 15.7. The lowest BCUT2D eigenvalue weighted by atomic mass is 10.1. The van der Waals surface area contributed by atoms with Crippen LogP contribution in [0.15, 0.2) is 109 Å². The minimum absolute atomic E-state index is 0.0473. The highest BCUT2D eigenvalue weighted by molar-refractivity contribution is 5.70. The fraction of sp³-hybridized carbons (Fsp3) is 0.623. The summed E-state index contributed by atoms with van der Waals surface area (Å²) >= 11 is 0. The third-order valence-corrected chi connectivity index (χ3v) is 9.30. The maximum Gasteiger partial charge on any atom is 0.306 e. The first-order valence-corrected chi connectivity index (χ1v) is 23.4. The van der Waals surface area contributed by atoms with E-state index in [1.807, 2.05) is 0 Å². The summed E-state index contributed by atoms with van der Waals surface area (Å²) in [5.41, 5.74) is 0. The highest BCUT2D eigenvalue weighted by atomic mass is 16.6. The standard InChI is InChI=1S/C53H86O5/c1-4-7-10-13-16-18-20-22-24-25-26-27-28-30-32-34-36-39-42-45-48-56-49-51(58-53(55)47-44-41-37-15-12-9-6-3)50-57-52(54)46-43-40-38-35-33-31-29-23-21-19-17-14-11-8-5-2/h7-8,10-11,16-19,22-24,26-27,29-30,32,36,39,51H,4-6,9,12-15,20-21,25,28,31,33-35,37-38,40-50H2,1-3H3/b10-7-,11-8-,18-16-,19-17-,24-22-,27-26-,29-23-,32-30-,39-36-. The van der Waals surface area contributed by atoms with Gasteiger partial charge in [0.25, 0.3) is 0 Å². The zero-order valence-electron chi connectivity index (χ0n) is 37.5. The summed E-state index contributed by atoms with van der Waals surface area (Å²) in [7, 11) is 0. The van der Waals surface area contributed by atoms with Crippen LogP contribution in [-0.2, 0) is 23.8 Å². The summed E-state index contributed by atoms with van der Waals surface area (Å²) < 4.78 is 17.2. The van der Waals surface area contributed by atoms with Crippen molar-refractivity contribution in [1.82, 2.24) is 0 Å². The van der Waals surface area contributed by atoms with Gasteiger partial charge in [0.15, 0.2) is 6.10 Å². The van der Waals surface area contributed by atoms with Crippen molar-refractivity contribution < 1.29 is 23.8 Å². The molecule has 0 aliphatic heterocycles. The zero-order chi connectivity index (χ0) is 42.1. The molecule has 0 spiro atoms. The van der Waals surface area contributed by atoms with Gasteiger partial charge in [-0.1, -0.05) is 188 Å². The van der Waals surface area contributed by atoms with Crippen LogP contribution >= 0.6 is 0 Å². The molecule has 0 fully saturated rings. The molecular weight excluding hydrogens is 717 g/mol. The van der Waals surface area contributed by atoms with Crippen LogP contribution in [0.2, 0.25) is 0 Å². The molecule has 0 N–H and O–H groups in total. The molecule has 58 heavy (non-hydrogen) atoms. The van der Waals surface area contributed by atoms with Gasteiger partial charge in [-0.15, -0.1) is 0 Å². The number of carbonyl (C=O) groups excluding carboxylic acids is 2. The molecule has 0 aromatic carbocycles. The molecule has 0 rings (SSSR count). The molecule has 328 valence electrons. The molecule has 0 aliphatic rings. The van der Waals surface area contributed by atoms with Crippen molar-refractivity contribution >= 4 is 11.9 Å². The molecule has 0 saturated heterocycles. The quantitative estimate of drug-likeness (QED) is 0.0350. The van der Waals surface area contributed by atoms with Crippen LogP contribution in [0.1, 0.15) is 188 Å². The second-order valence-corrected chi connectivity index (χ2v) is 14.9. The number of ether oxygens (including phenoxy) is 3. The van der Waals surface area contributed by atoms with E-state index in [9.17, 15) is 9.59 Å². The van der Waals surface area contributed by atoms with Gasteiger partial charge in [-0.2, -0.15) is 0 Å². The monoisotopic (exact) mass is 803 g/mol. The summed E-state index contributed by atoms with van der Waals surface area (Å²) in [6.45, 7) is 7.38. The Labute approximate surface area is 357 Å². The molecule has 0 bridgehead atoms. The van der Waals surface area contributed by atoms with Crippen molar-refractivity contribution in [3.05, 3.63) is 109 Å². The number of unbranched alkanes of at least 4 members (excludes halogenated alkanes) is 12. The van der Waals surface area contributed by atoms with Crippen molar-refractivity contribution in [3.63, 3.8) is 0 Å². The molecule has 1 unspecified atom stereocenters. The maximum atomic E-state index is 12.6. The van der Waals surface area contributed by atoms with Crippen LogP contribution in [0.5, 0.6) is 0 Å². The number of rotatable bonds is 41.